The minimum atomic E-state index is -0.338. The number of aliphatic imine (C=N–C) groups is 1. The van der Waals surface area contributed by atoms with Crippen LogP contribution >= 0.6 is 0 Å². The second-order valence-electron chi connectivity index (χ2n) is 10.6. The maximum atomic E-state index is 12.8. The number of para-hydroxylation sites is 2. The minimum absolute atomic E-state index is 0.0406. The van der Waals surface area contributed by atoms with E-state index in [-0.39, 0.29) is 17.6 Å². The Morgan fingerprint density at radius 2 is 1.77 bits per heavy atom. The monoisotopic (exact) mass is 534 g/mol. The van der Waals surface area contributed by atoms with Gasteiger partial charge < -0.3 is 35.1 Å². The standard InChI is InChI=1S/C30H30N8O2/c1-36-11-13-38(14-12-36)20-8-10-22-18(15-20)17-37(2)28(34-22)26-21-9-7-19(16-25(21)35-29(26)39)31-30(40)27-32-23-5-3-4-6-24(23)33-27/h3-10,15-16,35,39H,11-14,17H2,1-2H3,(H,31,40)(H,32,33). The highest BCUT2D eigenvalue weighted by molar-refractivity contribution is 6.14. The van der Waals surface area contributed by atoms with Gasteiger partial charge in [-0.05, 0) is 61.1 Å². The first-order valence-corrected chi connectivity index (χ1v) is 13.4. The number of nitrogens with zero attached hydrogens (tertiary/aromatic N) is 5. The Bertz CT molecular complexity index is 1760. The highest BCUT2D eigenvalue weighted by atomic mass is 16.3. The predicted octanol–water partition coefficient (Wildman–Crippen LogP) is 4.28. The molecule has 3 aromatic carbocycles. The number of likely N-dealkylation sites (N-methyl/N-ethyl adjacent to an activating group) is 1. The molecule has 5 aromatic rings. The van der Waals surface area contributed by atoms with Crippen LogP contribution in [0.15, 0.2) is 65.7 Å². The number of benzene rings is 3. The van der Waals surface area contributed by atoms with Gasteiger partial charge in [0, 0.05) is 56.5 Å². The molecule has 0 saturated carbocycles. The molecular weight excluding hydrogens is 504 g/mol. The van der Waals surface area contributed by atoms with E-state index in [9.17, 15) is 9.90 Å². The zero-order chi connectivity index (χ0) is 27.4. The number of amidine groups is 1. The molecule has 10 nitrogen and oxygen atoms in total. The molecule has 1 saturated heterocycles. The Labute approximate surface area is 231 Å². The second kappa shape index (κ2) is 9.42. The number of aromatic amines is 2. The summed E-state index contributed by atoms with van der Waals surface area (Å²) in [7, 11) is 4.15. The van der Waals surface area contributed by atoms with Crippen LogP contribution in [0.1, 0.15) is 21.7 Å². The summed E-state index contributed by atoms with van der Waals surface area (Å²) >= 11 is 0. The molecular formula is C30H30N8O2. The SMILES string of the molecule is CN1CCN(c2ccc3c(c2)CN(C)C(c2c(O)[nH]c4cc(NC(=O)c5nc6ccccc6[nH]5)ccc24)=N3)CC1. The maximum Gasteiger partial charge on any atom is 0.291 e. The molecule has 1 fully saturated rings. The Kier molecular flexibility index (Phi) is 5.71. The molecule has 2 aliphatic heterocycles. The van der Waals surface area contributed by atoms with Crippen molar-refractivity contribution in [2.45, 2.75) is 6.54 Å². The summed E-state index contributed by atoms with van der Waals surface area (Å²) < 4.78 is 0. The number of hydrogen-bond acceptors (Lipinski definition) is 7. The van der Waals surface area contributed by atoms with Crippen molar-refractivity contribution in [1.29, 1.82) is 0 Å². The third-order valence-corrected chi connectivity index (χ3v) is 7.79. The Morgan fingerprint density at radius 1 is 0.950 bits per heavy atom. The van der Waals surface area contributed by atoms with Crippen molar-refractivity contribution in [3.63, 3.8) is 0 Å². The van der Waals surface area contributed by atoms with Crippen LogP contribution < -0.4 is 10.2 Å². The minimum Gasteiger partial charge on any atom is -0.494 e. The largest absolute Gasteiger partial charge is 0.494 e. The highest BCUT2D eigenvalue weighted by Gasteiger charge is 2.25. The van der Waals surface area contributed by atoms with Gasteiger partial charge in [0.05, 0.1) is 27.8 Å². The number of imidazole rings is 1. The van der Waals surface area contributed by atoms with E-state index in [1.807, 2.05) is 43.4 Å². The number of fused-ring (bicyclic) bond motifs is 3. The number of H-pyrrole nitrogens is 2. The van der Waals surface area contributed by atoms with Crippen molar-refractivity contribution in [1.82, 2.24) is 24.8 Å². The Morgan fingerprint density at radius 3 is 2.60 bits per heavy atom. The third kappa shape index (κ3) is 4.22. The first-order chi connectivity index (χ1) is 19.4. The van der Waals surface area contributed by atoms with Crippen molar-refractivity contribution in [2.75, 3.05) is 50.5 Å². The van der Waals surface area contributed by atoms with E-state index in [2.05, 4.69) is 60.2 Å². The first-order valence-electron chi connectivity index (χ1n) is 13.4. The van der Waals surface area contributed by atoms with E-state index in [0.29, 0.717) is 29.1 Å². The number of hydrogen-bond donors (Lipinski definition) is 4. The van der Waals surface area contributed by atoms with Crippen LogP contribution in [-0.4, -0.2) is 81.9 Å². The molecule has 0 spiro atoms. The second-order valence-corrected chi connectivity index (χ2v) is 10.6. The number of piperazine rings is 1. The Hall–Kier alpha value is -4.83. The Balaban J connectivity index is 1.16. The molecule has 40 heavy (non-hydrogen) atoms. The van der Waals surface area contributed by atoms with Crippen LogP contribution in [0.4, 0.5) is 17.1 Å². The van der Waals surface area contributed by atoms with Gasteiger partial charge in [0.1, 0.15) is 5.84 Å². The molecule has 202 valence electrons. The molecule has 0 atom stereocenters. The van der Waals surface area contributed by atoms with Gasteiger partial charge in [0.25, 0.3) is 5.91 Å². The maximum absolute atomic E-state index is 12.8. The molecule has 0 radical (unpaired) electrons. The van der Waals surface area contributed by atoms with Gasteiger partial charge in [0.15, 0.2) is 5.82 Å². The molecule has 2 aromatic heterocycles. The lowest BCUT2D eigenvalue weighted by Crippen LogP contribution is -2.44. The molecule has 4 heterocycles. The summed E-state index contributed by atoms with van der Waals surface area (Å²) in [6, 6.07) is 19.5. The van der Waals surface area contributed by atoms with Gasteiger partial charge in [-0.1, -0.05) is 12.1 Å². The summed E-state index contributed by atoms with van der Waals surface area (Å²) in [4.78, 5) is 35.1. The lowest BCUT2D eigenvalue weighted by molar-refractivity contribution is 0.101. The smallest absolute Gasteiger partial charge is 0.291 e. The van der Waals surface area contributed by atoms with Crippen LogP contribution in [-0.2, 0) is 6.54 Å². The summed E-state index contributed by atoms with van der Waals surface area (Å²) in [5.74, 6) is 0.640. The molecule has 1 amide bonds. The summed E-state index contributed by atoms with van der Waals surface area (Å²) in [5, 5.41) is 14.7. The van der Waals surface area contributed by atoms with Crippen LogP contribution in [0.3, 0.4) is 0 Å². The number of carbonyl (C=O) groups is 1. The number of aromatic nitrogens is 3. The van der Waals surface area contributed by atoms with Gasteiger partial charge in [-0.15, -0.1) is 0 Å². The number of carbonyl (C=O) groups excluding carboxylic acids is 1. The number of amides is 1. The number of rotatable bonds is 4. The van der Waals surface area contributed by atoms with E-state index in [0.717, 1.165) is 53.8 Å². The van der Waals surface area contributed by atoms with Gasteiger partial charge in [0.2, 0.25) is 5.88 Å². The van der Waals surface area contributed by atoms with Crippen LogP contribution in [0, 0.1) is 0 Å². The molecule has 7 rings (SSSR count). The lowest BCUT2D eigenvalue weighted by atomic mass is 10.1. The number of nitrogens with one attached hydrogen (secondary N) is 3. The average molecular weight is 535 g/mol. The quantitative estimate of drug-likeness (QED) is 0.274. The lowest BCUT2D eigenvalue weighted by Gasteiger charge is -2.35. The summed E-state index contributed by atoms with van der Waals surface area (Å²) in [5.41, 5.74) is 6.77. The van der Waals surface area contributed by atoms with Gasteiger partial charge in [-0.25, -0.2) is 9.98 Å². The van der Waals surface area contributed by atoms with Crippen molar-refractivity contribution in [2.24, 2.45) is 4.99 Å². The van der Waals surface area contributed by atoms with Crippen molar-refractivity contribution in [3.05, 3.63) is 77.6 Å². The molecule has 10 heteroatoms. The van der Waals surface area contributed by atoms with Gasteiger partial charge >= 0.3 is 0 Å². The fourth-order valence-electron chi connectivity index (χ4n) is 5.58. The van der Waals surface area contributed by atoms with Crippen LogP contribution in [0.25, 0.3) is 21.9 Å². The van der Waals surface area contributed by atoms with E-state index in [4.69, 9.17) is 4.99 Å². The number of anilines is 2. The molecule has 4 N–H and O–H groups in total. The average Bonchev–Trinajstić information content (AvgIpc) is 3.53. The predicted molar refractivity (Wildman–Crippen MR) is 158 cm³/mol. The summed E-state index contributed by atoms with van der Waals surface area (Å²) in [6.45, 7) is 4.84. The first kappa shape index (κ1) is 24.2. The zero-order valence-electron chi connectivity index (χ0n) is 22.4. The molecule has 2 aliphatic rings. The van der Waals surface area contributed by atoms with Gasteiger partial charge in [-0.3, -0.25) is 4.79 Å². The third-order valence-electron chi connectivity index (χ3n) is 7.79. The fraction of sp³-hybridized carbons (Fsp3) is 0.233. The highest BCUT2D eigenvalue weighted by Crippen LogP contribution is 2.36. The van der Waals surface area contributed by atoms with Crippen molar-refractivity contribution >= 4 is 50.7 Å². The van der Waals surface area contributed by atoms with Gasteiger partial charge in [-0.2, -0.15) is 0 Å². The number of aromatic hydroxyl groups is 1. The van der Waals surface area contributed by atoms with Crippen molar-refractivity contribution < 1.29 is 9.90 Å². The normalized spacial score (nSPS) is 15.9. The topological polar surface area (TPSA) is 116 Å². The van der Waals surface area contributed by atoms with E-state index >= 15 is 0 Å². The molecule has 0 unspecified atom stereocenters. The fourth-order valence-corrected chi connectivity index (χ4v) is 5.58. The van der Waals surface area contributed by atoms with Crippen LogP contribution in [0.2, 0.25) is 0 Å². The molecule has 0 bridgehead atoms. The molecule has 0 aliphatic carbocycles. The summed E-state index contributed by atoms with van der Waals surface area (Å²) in [6.07, 6.45) is 0. The van der Waals surface area contributed by atoms with Crippen LogP contribution in [0.5, 0.6) is 5.88 Å². The van der Waals surface area contributed by atoms with E-state index in [1.165, 1.54) is 5.69 Å². The zero-order valence-corrected chi connectivity index (χ0v) is 22.4. The van der Waals surface area contributed by atoms with E-state index < -0.39 is 0 Å². The van der Waals surface area contributed by atoms with Crippen molar-refractivity contribution in [3.8, 4) is 5.88 Å². The van der Waals surface area contributed by atoms with E-state index in [1.54, 1.807) is 6.07 Å².